The van der Waals surface area contributed by atoms with Gasteiger partial charge in [0.25, 0.3) is 0 Å². The summed E-state index contributed by atoms with van der Waals surface area (Å²) in [6, 6.07) is 6.16. The van der Waals surface area contributed by atoms with Crippen molar-refractivity contribution in [1.29, 1.82) is 0 Å². The van der Waals surface area contributed by atoms with Crippen LogP contribution in [0.25, 0.3) is 5.65 Å². The summed E-state index contributed by atoms with van der Waals surface area (Å²) < 4.78 is 40.1. The lowest BCUT2D eigenvalue weighted by atomic mass is 10.1. The average molecular weight is 408 g/mol. The first-order valence-electron chi connectivity index (χ1n) is 8.53. The molecule has 148 valence electrons. The Hall–Kier alpha value is -2.55. The van der Waals surface area contributed by atoms with Crippen LogP contribution < -0.4 is 5.32 Å². The summed E-state index contributed by atoms with van der Waals surface area (Å²) in [5, 5.41) is 10.3. The molecule has 1 amide bonds. The number of nitrogens with one attached hydrogen (secondary N) is 1. The highest BCUT2D eigenvalue weighted by atomic mass is 32.2. The Morgan fingerprint density at radius 1 is 1.14 bits per heavy atom. The normalized spacial score (nSPS) is 13.0. The first kappa shape index (κ1) is 20.2. The average Bonchev–Trinajstić information content (AvgIpc) is 2.99. The molecule has 0 aliphatic rings. The predicted molar refractivity (Wildman–Crippen MR) is 103 cm³/mol. The van der Waals surface area contributed by atoms with Crippen molar-refractivity contribution in [1.82, 2.24) is 14.6 Å². The first-order valence-corrected chi connectivity index (χ1v) is 9.41. The quantitative estimate of drug-likeness (QED) is 0.631. The van der Waals surface area contributed by atoms with E-state index in [-0.39, 0.29) is 16.7 Å². The lowest BCUT2D eigenvalue weighted by Crippen LogP contribution is -2.23. The van der Waals surface area contributed by atoms with Crippen LogP contribution >= 0.6 is 11.8 Å². The number of anilines is 1. The summed E-state index contributed by atoms with van der Waals surface area (Å²) in [5.74, 6) is -0.260. The lowest BCUT2D eigenvalue weighted by Gasteiger charge is -2.15. The highest BCUT2D eigenvalue weighted by Gasteiger charge is 2.31. The lowest BCUT2D eigenvalue weighted by molar-refractivity contribution is -0.137. The van der Waals surface area contributed by atoms with Gasteiger partial charge in [0.15, 0.2) is 10.8 Å². The van der Waals surface area contributed by atoms with Crippen molar-refractivity contribution in [2.24, 2.45) is 0 Å². The zero-order valence-electron chi connectivity index (χ0n) is 15.8. The fourth-order valence-electron chi connectivity index (χ4n) is 2.93. The highest BCUT2D eigenvalue weighted by Crippen LogP contribution is 2.31. The van der Waals surface area contributed by atoms with Crippen molar-refractivity contribution in [3.05, 3.63) is 52.7 Å². The topological polar surface area (TPSA) is 59.3 Å². The molecule has 0 saturated heterocycles. The number of hydrogen-bond acceptors (Lipinski definition) is 4. The molecule has 0 aliphatic heterocycles. The molecule has 1 atom stereocenters. The summed E-state index contributed by atoms with van der Waals surface area (Å²) >= 11 is 1.05. The van der Waals surface area contributed by atoms with Gasteiger partial charge in [-0.05, 0) is 51.0 Å². The van der Waals surface area contributed by atoms with E-state index in [1.807, 2.05) is 32.9 Å². The van der Waals surface area contributed by atoms with E-state index in [2.05, 4.69) is 15.5 Å². The fraction of sp³-hybridized carbons (Fsp3) is 0.316. The molecule has 1 N–H and O–H groups in total. The van der Waals surface area contributed by atoms with Crippen molar-refractivity contribution >= 4 is 29.0 Å². The van der Waals surface area contributed by atoms with Crippen LogP contribution in [-0.2, 0) is 11.0 Å². The first-order chi connectivity index (χ1) is 13.1. The molecule has 0 spiro atoms. The summed E-state index contributed by atoms with van der Waals surface area (Å²) in [6.45, 7) is 7.49. The fourth-order valence-corrected chi connectivity index (χ4v) is 3.76. The van der Waals surface area contributed by atoms with Gasteiger partial charge in [0.1, 0.15) is 0 Å². The number of rotatable bonds is 4. The summed E-state index contributed by atoms with van der Waals surface area (Å²) in [4.78, 5) is 12.6. The number of amides is 1. The van der Waals surface area contributed by atoms with E-state index < -0.39 is 17.0 Å². The standard InChI is InChI=1S/C19H19F3N4OS/c1-10-7-11(2)16(12(3)8-10)23-17(27)13(4)28-18-25-24-15-6-5-14(9-26(15)18)19(20,21)22/h5-9,13H,1-4H3,(H,23,27). The molecule has 2 aromatic heterocycles. The second kappa shape index (κ2) is 7.46. The maximum Gasteiger partial charge on any atom is 0.417 e. The number of carbonyl (C=O) groups excluding carboxylic acids is 1. The zero-order valence-corrected chi connectivity index (χ0v) is 16.6. The highest BCUT2D eigenvalue weighted by molar-refractivity contribution is 8.00. The Morgan fingerprint density at radius 3 is 2.39 bits per heavy atom. The summed E-state index contributed by atoms with van der Waals surface area (Å²) in [7, 11) is 0. The molecule has 1 aromatic carbocycles. The molecule has 28 heavy (non-hydrogen) atoms. The SMILES string of the molecule is Cc1cc(C)c(NC(=O)C(C)Sc2nnc3ccc(C(F)(F)F)cn23)c(C)c1. The number of thioether (sulfide) groups is 1. The largest absolute Gasteiger partial charge is 0.417 e. The molecule has 0 radical (unpaired) electrons. The number of benzene rings is 1. The minimum Gasteiger partial charge on any atom is -0.325 e. The van der Waals surface area contributed by atoms with Gasteiger partial charge in [-0.25, -0.2) is 0 Å². The van der Waals surface area contributed by atoms with Crippen molar-refractivity contribution in [2.75, 3.05) is 5.32 Å². The van der Waals surface area contributed by atoms with E-state index in [0.717, 1.165) is 46.4 Å². The minimum atomic E-state index is -4.47. The molecular formula is C19H19F3N4OS. The third kappa shape index (κ3) is 4.14. The molecule has 3 rings (SSSR count). The van der Waals surface area contributed by atoms with Crippen LogP contribution in [-0.4, -0.2) is 25.8 Å². The van der Waals surface area contributed by atoms with E-state index in [1.54, 1.807) is 6.92 Å². The third-order valence-corrected chi connectivity index (χ3v) is 5.33. The second-order valence-electron chi connectivity index (χ2n) is 6.65. The smallest absolute Gasteiger partial charge is 0.325 e. The number of aromatic nitrogens is 3. The number of nitrogens with zero attached hydrogens (tertiary/aromatic N) is 3. The number of carbonyl (C=O) groups is 1. The molecular weight excluding hydrogens is 389 g/mol. The monoisotopic (exact) mass is 408 g/mol. The van der Waals surface area contributed by atoms with E-state index >= 15 is 0 Å². The van der Waals surface area contributed by atoms with Crippen molar-refractivity contribution in [3.63, 3.8) is 0 Å². The van der Waals surface area contributed by atoms with Gasteiger partial charge in [-0.1, -0.05) is 29.5 Å². The third-order valence-electron chi connectivity index (χ3n) is 4.28. The van der Waals surface area contributed by atoms with Gasteiger partial charge < -0.3 is 5.32 Å². The van der Waals surface area contributed by atoms with Crippen molar-refractivity contribution in [3.8, 4) is 0 Å². The minimum absolute atomic E-state index is 0.223. The Morgan fingerprint density at radius 2 is 1.79 bits per heavy atom. The Kier molecular flexibility index (Phi) is 5.38. The second-order valence-corrected chi connectivity index (χ2v) is 7.96. The van der Waals surface area contributed by atoms with Crippen LogP contribution in [0, 0.1) is 20.8 Å². The molecule has 2 heterocycles. The Bertz CT molecular complexity index is 1020. The van der Waals surface area contributed by atoms with Gasteiger partial charge in [0.2, 0.25) is 5.91 Å². The van der Waals surface area contributed by atoms with Gasteiger partial charge in [-0.15, -0.1) is 10.2 Å². The molecule has 0 saturated carbocycles. The van der Waals surface area contributed by atoms with Gasteiger partial charge >= 0.3 is 6.18 Å². The van der Waals surface area contributed by atoms with Crippen LogP contribution in [0.15, 0.2) is 35.6 Å². The van der Waals surface area contributed by atoms with Crippen LogP contribution in [0.1, 0.15) is 29.2 Å². The predicted octanol–water partition coefficient (Wildman–Crippen LogP) is 4.79. The number of halogens is 3. The van der Waals surface area contributed by atoms with E-state index in [9.17, 15) is 18.0 Å². The molecule has 0 fully saturated rings. The maximum atomic E-state index is 13.0. The van der Waals surface area contributed by atoms with Crippen LogP contribution in [0.4, 0.5) is 18.9 Å². The van der Waals surface area contributed by atoms with E-state index in [1.165, 1.54) is 10.5 Å². The molecule has 5 nitrogen and oxygen atoms in total. The van der Waals surface area contributed by atoms with Gasteiger partial charge in [0, 0.05) is 11.9 Å². The molecule has 1 unspecified atom stereocenters. The van der Waals surface area contributed by atoms with E-state index in [4.69, 9.17) is 0 Å². The zero-order chi connectivity index (χ0) is 20.6. The van der Waals surface area contributed by atoms with Crippen molar-refractivity contribution in [2.45, 2.75) is 44.3 Å². The Labute approximate surface area is 164 Å². The van der Waals surface area contributed by atoms with Gasteiger partial charge in [0.05, 0.1) is 10.8 Å². The van der Waals surface area contributed by atoms with Crippen LogP contribution in [0.2, 0.25) is 0 Å². The molecule has 9 heteroatoms. The number of pyridine rings is 1. The summed E-state index contributed by atoms with van der Waals surface area (Å²) in [6.07, 6.45) is -3.53. The molecule has 0 aliphatic carbocycles. The number of fused-ring (bicyclic) bond motifs is 1. The maximum absolute atomic E-state index is 13.0. The van der Waals surface area contributed by atoms with Crippen LogP contribution in [0.5, 0.6) is 0 Å². The number of aryl methyl sites for hydroxylation is 3. The number of hydrogen-bond donors (Lipinski definition) is 1. The van der Waals surface area contributed by atoms with Gasteiger partial charge in [-0.3, -0.25) is 9.20 Å². The van der Waals surface area contributed by atoms with Crippen LogP contribution in [0.3, 0.4) is 0 Å². The van der Waals surface area contributed by atoms with E-state index in [0.29, 0.717) is 0 Å². The summed E-state index contributed by atoms with van der Waals surface area (Å²) in [5.41, 5.74) is 3.23. The molecule has 0 bridgehead atoms. The van der Waals surface area contributed by atoms with Crippen molar-refractivity contribution < 1.29 is 18.0 Å². The number of alkyl halides is 3. The Balaban J connectivity index is 1.81. The van der Waals surface area contributed by atoms with Gasteiger partial charge in [-0.2, -0.15) is 13.2 Å². The molecule has 3 aromatic rings.